The number of hydrogen-bond acceptors (Lipinski definition) is 5. The van der Waals surface area contributed by atoms with Crippen LogP contribution in [0.15, 0.2) is 57.2 Å². The number of nitrogen functional groups attached to an aromatic ring is 1. The third-order valence-electron chi connectivity index (χ3n) is 2.65. The topological polar surface area (TPSA) is 52.3 Å². The molecule has 0 radical (unpaired) electrons. The molecule has 0 fully saturated rings. The summed E-state index contributed by atoms with van der Waals surface area (Å²) in [6.45, 7) is 0. The highest BCUT2D eigenvalue weighted by Gasteiger charge is 2.06. The molecular formula is C15H15NO2S2. The number of thioether (sulfide) groups is 1. The van der Waals surface area contributed by atoms with Crippen molar-refractivity contribution in [2.24, 2.45) is 0 Å². The number of anilines is 1. The number of ether oxygens (including phenoxy) is 1. The predicted molar refractivity (Wildman–Crippen MR) is 84.5 cm³/mol. The van der Waals surface area contributed by atoms with E-state index in [0.29, 0.717) is 5.56 Å². The van der Waals surface area contributed by atoms with Gasteiger partial charge in [0.1, 0.15) is 0 Å². The van der Waals surface area contributed by atoms with E-state index in [4.69, 9.17) is 5.73 Å². The maximum Gasteiger partial charge on any atom is 0.337 e. The first-order chi connectivity index (χ1) is 9.62. The summed E-state index contributed by atoms with van der Waals surface area (Å²) in [7, 11) is 1.38. The van der Waals surface area contributed by atoms with Crippen LogP contribution in [-0.4, -0.2) is 19.3 Å². The number of nitrogens with two attached hydrogens (primary N) is 1. The monoisotopic (exact) mass is 305 g/mol. The van der Waals surface area contributed by atoms with Crippen LogP contribution in [0, 0.1) is 0 Å². The van der Waals surface area contributed by atoms with Crippen molar-refractivity contribution in [1.82, 2.24) is 0 Å². The number of hydrogen-bond donors (Lipinski definition) is 1. The van der Waals surface area contributed by atoms with Crippen molar-refractivity contribution in [2.45, 2.75) is 14.7 Å². The van der Waals surface area contributed by atoms with Crippen LogP contribution in [0.2, 0.25) is 0 Å². The maximum atomic E-state index is 11.4. The second-order valence-corrected chi connectivity index (χ2v) is 6.09. The van der Waals surface area contributed by atoms with Crippen LogP contribution in [0.1, 0.15) is 10.4 Å². The van der Waals surface area contributed by atoms with Gasteiger partial charge in [-0.05, 0) is 48.7 Å². The molecule has 0 saturated heterocycles. The smallest absolute Gasteiger partial charge is 0.337 e. The summed E-state index contributed by atoms with van der Waals surface area (Å²) in [4.78, 5) is 14.6. The number of methoxy groups -OCH3 is 1. The second-order valence-electron chi connectivity index (χ2n) is 4.06. The lowest BCUT2D eigenvalue weighted by atomic mass is 10.2. The molecular weight excluding hydrogens is 290 g/mol. The van der Waals surface area contributed by atoms with E-state index in [1.807, 2.05) is 30.5 Å². The van der Waals surface area contributed by atoms with Gasteiger partial charge < -0.3 is 10.5 Å². The molecule has 0 aromatic heterocycles. The second kappa shape index (κ2) is 6.72. The highest BCUT2D eigenvalue weighted by Crippen LogP contribution is 2.32. The molecule has 20 heavy (non-hydrogen) atoms. The molecule has 0 aliphatic carbocycles. The summed E-state index contributed by atoms with van der Waals surface area (Å²) >= 11 is 3.28. The predicted octanol–water partition coefficient (Wildman–Crippen LogP) is 3.93. The third kappa shape index (κ3) is 3.71. The van der Waals surface area contributed by atoms with E-state index in [1.165, 1.54) is 7.11 Å². The molecule has 0 unspecified atom stereocenters. The first-order valence-electron chi connectivity index (χ1n) is 5.93. The molecule has 2 rings (SSSR count). The fraction of sp³-hybridized carbons (Fsp3) is 0.133. The van der Waals surface area contributed by atoms with Gasteiger partial charge in [0.25, 0.3) is 0 Å². The van der Waals surface area contributed by atoms with Gasteiger partial charge in [0.05, 0.1) is 12.7 Å². The number of carbonyl (C=O) groups is 1. The van der Waals surface area contributed by atoms with Gasteiger partial charge in [-0.25, -0.2) is 4.79 Å². The van der Waals surface area contributed by atoms with Crippen LogP contribution in [0.3, 0.4) is 0 Å². The van der Waals surface area contributed by atoms with Crippen molar-refractivity contribution < 1.29 is 9.53 Å². The zero-order valence-electron chi connectivity index (χ0n) is 11.3. The van der Waals surface area contributed by atoms with Crippen molar-refractivity contribution in [3.05, 3.63) is 48.0 Å². The van der Waals surface area contributed by atoms with Crippen LogP contribution in [-0.2, 0) is 4.74 Å². The standard InChI is InChI=1S/C15H15NO2S2/c1-18-15(17)10-3-5-12(6-4-10)20-14-8-11(16)7-13(9-14)19-2/h3-9H,16H2,1-2H3. The molecule has 5 heteroatoms. The van der Waals surface area contributed by atoms with Gasteiger partial charge in [0.2, 0.25) is 0 Å². The molecule has 0 bridgehead atoms. The zero-order valence-corrected chi connectivity index (χ0v) is 12.9. The first kappa shape index (κ1) is 14.8. The average molecular weight is 305 g/mol. The Labute approximate surface area is 126 Å². The summed E-state index contributed by atoms with van der Waals surface area (Å²) in [5.74, 6) is -0.324. The van der Waals surface area contributed by atoms with Crippen molar-refractivity contribution in [2.75, 3.05) is 19.1 Å². The Hall–Kier alpha value is -1.59. The van der Waals surface area contributed by atoms with E-state index in [1.54, 1.807) is 35.7 Å². The molecule has 0 amide bonds. The lowest BCUT2D eigenvalue weighted by Crippen LogP contribution is -2.00. The van der Waals surface area contributed by atoms with Crippen LogP contribution in [0.25, 0.3) is 0 Å². The van der Waals surface area contributed by atoms with Gasteiger partial charge in [0, 0.05) is 20.4 Å². The van der Waals surface area contributed by atoms with E-state index in [2.05, 4.69) is 10.8 Å². The highest BCUT2D eigenvalue weighted by molar-refractivity contribution is 7.99. The van der Waals surface area contributed by atoms with Crippen LogP contribution in [0.5, 0.6) is 0 Å². The van der Waals surface area contributed by atoms with Gasteiger partial charge in [0.15, 0.2) is 0 Å². The minimum absolute atomic E-state index is 0.324. The van der Waals surface area contributed by atoms with E-state index in [-0.39, 0.29) is 5.97 Å². The Bertz CT molecular complexity index is 612. The van der Waals surface area contributed by atoms with E-state index < -0.39 is 0 Å². The number of esters is 1. The fourth-order valence-electron chi connectivity index (χ4n) is 1.68. The molecule has 0 aliphatic rings. The molecule has 2 N–H and O–H groups in total. The quantitative estimate of drug-likeness (QED) is 0.527. The summed E-state index contributed by atoms with van der Waals surface area (Å²) in [6, 6.07) is 13.3. The summed E-state index contributed by atoms with van der Waals surface area (Å²) in [5.41, 5.74) is 7.19. The lowest BCUT2D eigenvalue weighted by Gasteiger charge is -2.06. The number of rotatable bonds is 4. The van der Waals surface area contributed by atoms with Crippen molar-refractivity contribution in [3.63, 3.8) is 0 Å². The molecule has 0 atom stereocenters. The Kier molecular flexibility index (Phi) is 4.98. The average Bonchev–Trinajstić information content (AvgIpc) is 2.46. The zero-order chi connectivity index (χ0) is 14.5. The summed E-state index contributed by atoms with van der Waals surface area (Å²) in [6.07, 6.45) is 2.02. The van der Waals surface area contributed by atoms with Gasteiger partial charge in [-0.1, -0.05) is 11.8 Å². The first-order valence-corrected chi connectivity index (χ1v) is 7.97. The molecule has 0 spiro atoms. The van der Waals surface area contributed by atoms with Crippen LogP contribution >= 0.6 is 23.5 Å². The molecule has 0 heterocycles. The SMILES string of the molecule is COC(=O)c1ccc(Sc2cc(N)cc(SC)c2)cc1. The molecule has 0 aliphatic heterocycles. The Balaban J connectivity index is 2.17. The van der Waals surface area contributed by atoms with Gasteiger partial charge >= 0.3 is 5.97 Å². The summed E-state index contributed by atoms with van der Waals surface area (Å²) < 4.78 is 4.68. The van der Waals surface area contributed by atoms with Crippen molar-refractivity contribution >= 4 is 35.2 Å². The maximum absolute atomic E-state index is 11.4. The molecule has 2 aromatic rings. The number of carbonyl (C=O) groups excluding carboxylic acids is 1. The normalized spacial score (nSPS) is 10.3. The summed E-state index contributed by atoms with van der Waals surface area (Å²) in [5, 5.41) is 0. The lowest BCUT2D eigenvalue weighted by molar-refractivity contribution is 0.0600. The molecule has 2 aromatic carbocycles. The van der Waals surface area contributed by atoms with Gasteiger partial charge in [-0.2, -0.15) is 0 Å². The van der Waals surface area contributed by atoms with Crippen molar-refractivity contribution in [3.8, 4) is 0 Å². The fourth-order valence-corrected chi connectivity index (χ4v) is 3.18. The van der Waals surface area contributed by atoms with Crippen LogP contribution < -0.4 is 5.73 Å². The van der Waals surface area contributed by atoms with E-state index >= 15 is 0 Å². The van der Waals surface area contributed by atoms with Crippen LogP contribution in [0.4, 0.5) is 5.69 Å². The van der Waals surface area contributed by atoms with E-state index in [9.17, 15) is 4.79 Å². The Morgan fingerprint density at radius 3 is 2.30 bits per heavy atom. The largest absolute Gasteiger partial charge is 0.465 e. The van der Waals surface area contributed by atoms with Gasteiger partial charge in [-0.15, -0.1) is 11.8 Å². The number of benzene rings is 2. The third-order valence-corrected chi connectivity index (χ3v) is 4.34. The molecule has 3 nitrogen and oxygen atoms in total. The Morgan fingerprint density at radius 1 is 1.05 bits per heavy atom. The highest BCUT2D eigenvalue weighted by atomic mass is 32.2. The molecule has 104 valence electrons. The minimum atomic E-state index is -0.324. The minimum Gasteiger partial charge on any atom is -0.465 e. The van der Waals surface area contributed by atoms with E-state index in [0.717, 1.165) is 20.4 Å². The van der Waals surface area contributed by atoms with Crippen molar-refractivity contribution in [1.29, 1.82) is 0 Å². The molecule has 0 saturated carbocycles. The van der Waals surface area contributed by atoms with Gasteiger partial charge in [-0.3, -0.25) is 0 Å². The Morgan fingerprint density at radius 2 is 1.70 bits per heavy atom.